The Kier molecular flexibility index (Phi) is 3.96. The summed E-state index contributed by atoms with van der Waals surface area (Å²) < 4.78 is 5.60. The number of likely N-dealkylation sites (N-methyl/N-ethyl adjacent to an activating group) is 1. The first kappa shape index (κ1) is 13.9. The summed E-state index contributed by atoms with van der Waals surface area (Å²) in [6.45, 7) is 5.89. The van der Waals surface area contributed by atoms with E-state index in [4.69, 9.17) is 4.74 Å². The van der Waals surface area contributed by atoms with Crippen LogP contribution in [-0.2, 0) is 17.7 Å². The third kappa shape index (κ3) is 2.68. The van der Waals surface area contributed by atoms with Gasteiger partial charge in [0.05, 0.1) is 19.3 Å². The van der Waals surface area contributed by atoms with Crippen LogP contribution in [0.25, 0.3) is 0 Å². The summed E-state index contributed by atoms with van der Waals surface area (Å²) in [5.74, 6) is 0. The molecule has 0 bridgehead atoms. The number of fused-ring (bicyclic) bond motifs is 1. The van der Waals surface area contributed by atoms with Crippen molar-refractivity contribution in [3.63, 3.8) is 0 Å². The fraction of sp³-hybridized carbons (Fsp3) is 0.625. The molecule has 3 rings (SSSR count). The zero-order chi connectivity index (χ0) is 14.1. The highest BCUT2D eigenvalue weighted by atomic mass is 16.5. The van der Waals surface area contributed by atoms with E-state index < -0.39 is 0 Å². The second kappa shape index (κ2) is 5.72. The normalized spacial score (nSPS) is 26.9. The van der Waals surface area contributed by atoms with Gasteiger partial charge in [-0.3, -0.25) is 4.90 Å². The van der Waals surface area contributed by atoms with Crippen LogP contribution in [0.5, 0.6) is 0 Å². The van der Waals surface area contributed by atoms with Crippen LogP contribution >= 0.6 is 0 Å². The lowest BCUT2D eigenvalue weighted by Gasteiger charge is -2.37. The minimum Gasteiger partial charge on any atom is -0.394 e. The van der Waals surface area contributed by atoms with Gasteiger partial charge < -0.3 is 14.7 Å². The van der Waals surface area contributed by atoms with E-state index in [1.807, 2.05) is 0 Å². The van der Waals surface area contributed by atoms with E-state index in [1.165, 1.54) is 16.8 Å². The maximum atomic E-state index is 9.26. The van der Waals surface area contributed by atoms with Crippen LogP contribution in [-0.4, -0.2) is 55.5 Å². The Morgan fingerprint density at radius 3 is 3.05 bits per heavy atom. The van der Waals surface area contributed by atoms with Gasteiger partial charge in [0.25, 0.3) is 0 Å². The van der Waals surface area contributed by atoms with Crippen molar-refractivity contribution in [2.24, 2.45) is 0 Å². The van der Waals surface area contributed by atoms with Gasteiger partial charge in [0.15, 0.2) is 0 Å². The maximum Gasteiger partial charge on any atom is 0.0933 e. The van der Waals surface area contributed by atoms with Gasteiger partial charge >= 0.3 is 0 Å². The Bertz CT molecular complexity index is 478. The summed E-state index contributed by atoms with van der Waals surface area (Å²) in [4.78, 5) is 4.73. The van der Waals surface area contributed by atoms with E-state index >= 15 is 0 Å². The smallest absolute Gasteiger partial charge is 0.0933 e. The number of aliphatic hydroxyl groups is 1. The Hall–Kier alpha value is -1.10. The number of anilines is 1. The molecule has 110 valence electrons. The number of aliphatic hydroxyl groups excluding tert-OH is 1. The number of ether oxygens (including phenoxy) is 1. The van der Waals surface area contributed by atoms with Gasteiger partial charge in [0.1, 0.15) is 0 Å². The zero-order valence-corrected chi connectivity index (χ0v) is 12.4. The third-order valence-electron chi connectivity index (χ3n) is 4.50. The van der Waals surface area contributed by atoms with Crippen molar-refractivity contribution in [1.82, 2.24) is 4.90 Å². The highest BCUT2D eigenvalue weighted by Gasteiger charge is 2.26. The van der Waals surface area contributed by atoms with Crippen LogP contribution in [0.3, 0.4) is 0 Å². The molecule has 2 atom stereocenters. The molecule has 0 spiro atoms. The highest BCUT2D eigenvalue weighted by molar-refractivity contribution is 5.58. The van der Waals surface area contributed by atoms with Crippen molar-refractivity contribution in [1.29, 1.82) is 0 Å². The van der Waals surface area contributed by atoms with Gasteiger partial charge in [0, 0.05) is 38.4 Å². The predicted molar refractivity (Wildman–Crippen MR) is 80.1 cm³/mol. The number of nitrogens with zero attached hydrogens (tertiary/aromatic N) is 2. The van der Waals surface area contributed by atoms with E-state index in [0.29, 0.717) is 12.6 Å². The maximum absolute atomic E-state index is 9.26. The van der Waals surface area contributed by atoms with Crippen LogP contribution in [0, 0.1) is 0 Å². The van der Waals surface area contributed by atoms with E-state index in [1.54, 1.807) is 0 Å². The summed E-state index contributed by atoms with van der Waals surface area (Å²) in [5, 5.41) is 9.26. The summed E-state index contributed by atoms with van der Waals surface area (Å²) in [6.07, 6.45) is 1.11. The minimum absolute atomic E-state index is 0.0354. The fourth-order valence-corrected chi connectivity index (χ4v) is 3.16. The van der Waals surface area contributed by atoms with Crippen LogP contribution in [0.1, 0.15) is 18.1 Å². The summed E-state index contributed by atoms with van der Waals surface area (Å²) in [6, 6.07) is 7.23. The molecular formula is C16H24N2O2. The van der Waals surface area contributed by atoms with Crippen LogP contribution < -0.4 is 4.90 Å². The molecule has 1 aromatic rings. The van der Waals surface area contributed by atoms with Crippen molar-refractivity contribution in [3.8, 4) is 0 Å². The molecule has 0 radical (unpaired) electrons. The monoisotopic (exact) mass is 276 g/mol. The molecule has 20 heavy (non-hydrogen) atoms. The minimum atomic E-state index is -0.0354. The van der Waals surface area contributed by atoms with E-state index in [2.05, 4.69) is 42.0 Å². The number of rotatable bonds is 3. The molecule has 2 aliphatic heterocycles. The van der Waals surface area contributed by atoms with Crippen LogP contribution in [0.15, 0.2) is 18.2 Å². The third-order valence-corrected chi connectivity index (χ3v) is 4.50. The molecule has 2 aliphatic rings. The van der Waals surface area contributed by atoms with Crippen molar-refractivity contribution in [2.45, 2.75) is 32.0 Å². The van der Waals surface area contributed by atoms with E-state index in [9.17, 15) is 5.11 Å². The Balaban J connectivity index is 1.71. The van der Waals surface area contributed by atoms with Crippen molar-refractivity contribution in [2.75, 3.05) is 38.3 Å². The first-order chi connectivity index (χ1) is 9.67. The zero-order valence-electron chi connectivity index (χ0n) is 12.4. The Labute approximate surface area is 120 Å². The number of morpholine rings is 1. The average Bonchev–Trinajstić information content (AvgIpc) is 2.82. The molecule has 0 saturated carbocycles. The average molecular weight is 276 g/mol. The fourth-order valence-electron chi connectivity index (χ4n) is 3.16. The first-order valence-electron chi connectivity index (χ1n) is 7.47. The number of hydrogen-bond donors (Lipinski definition) is 1. The lowest BCUT2D eigenvalue weighted by atomic mass is 10.1. The van der Waals surface area contributed by atoms with Crippen molar-refractivity contribution >= 4 is 5.69 Å². The Morgan fingerprint density at radius 1 is 1.40 bits per heavy atom. The van der Waals surface area contributed by atoms with Gasteiger partial charge in [0.2, 0.25) is 0 Å². The predicted octanol–water partition coefficient (Wildman–Crippen LogP) is 1.26. The molecule has 1 fully saturated rings. The molecular weight excluding hydrogens is 252 g/mol. The van der Waals surface area contributed by atoms with Crippen LogP contribution in [0.4, 0.5) is 5.69 Å². The SMILES string of the molecule is CC1COC(CO)CN1Cc1ccc2c(c1)CCN2C. The van der Waals surface area contributed by atoms with Crippen LogP contribution in [0.2, 0.25) is 0 Å². The molecule has 4 nitrogen and oxygen atoms in total. The summed E-state index contributed by atoms with van der Waals surface area (Å²) in [7, 11) is 2.15. The topological polar surface area (TPSA) is 35.9 Å². The highest BCUT2D eigenvalue weighted by Crippen LogP contribution is 2.28. The second-order valence-corrected chi connectivity index (χ2v) is 6.05. The molecule has 1 saturated heterocycles. The Morgan fingerprint density at radius 2 is 2.25 bits per heavy atom. The summed E-state index contributed by atoms with van der Waals surface area (Å²) >= 11 is 0. The van der Waals surface area contributed by atoms with Gasteiger partial charge in [-0.2, -0.15) is 0 Å². The molecule has 1 aromatic carbocycles. The first-order valence-corrected chi connectivity index (χ1v) is 7.47. The largest absolute Gasteiger partial charge is 0.394 e. The molecule has 2 heterocycles. The van der Waals surface area contributed by atoms with Crippen molar-refractivity contribution < 1.29 is 9.84 Å². The number of benzene rings is 1. The molecule has 1 N–H and O–H groups in total. The molecule has 0 aromatic heterocycles. The molecule has 0 amide bonds. The summed E-state index contributed by atoms with van der Waals surface area (Å²) in [5.41, 5.74) is 4.20. The van der Waals surface area contributed by atoms with Gasteiger partial charge in [-0.05, 0) is 30.5 Å². The second-order valence-electron chi connectivity index (χ2n) is 6.05. The standard InChI is InChI=1S/C16H24N2O2/c1-12-11-20-15(10-19)9-18(12)8-13-3-4-16-14(7-13)5-6-17(16)2/h3-4,7,12,15,19H,5-6,8-11H2,1-2H3. The van der Waals surface area contributed by atoms with Gasteiger partial charge in [-0.25, -0.2) is 0 Å². The molecule has 0 aliphatic carbocycles. The number of hydrogen-bond acceptors (Lipinski definition) is 4. The van der Waals surface area contributed by atoms with E-state index in [0.717, 1.165) is 26.1 Å². The van der Waals surface area contributed by atoms with Crippen molar-refractivity contribution in [3.05, 3.63) is 29.3 Å². The molecule has 4 heteroatoms. The lowest BCUT2D eigenvalue weighted by molar-refractivity contribution is -0.0805. The van der Waals surface area contributed by atoms with Gasteiger partial charge in [-0.1, -0.05) is 12.1 Å². The quantitative estimate of drug-likeness (QED) is 0.901. The lowest BCUT2D eigenvalue weighted by Crippen LogP contribution is -2.48. The van der Waals surface area contributed by atoms with Gasteiger partial charge in [-0.15, -0.1) is 0 Å². The molecule has 2 unspecified atom stereocenters. The van der Waals surface area contributed by atoms with E-state index in [-0.39, 0.29) is 12.7 Å².